The standard InChI is InChI=1S/C18H21NO2/c1-13-3-6-16(11-14(13)2)18(20)12-21-17-7-4-15(5-8-17)9-10-19/h3-8,11H,9-10,12,19H2,1-2H3. The number of rotatable bonds is 6. The summed E-state index contributed by atoms with van der Waals surface area (Å²) in [6.45, 7) is 4.72. The van der Waals surface area contributed by atoms with E-state index in [0.717, 1.165) is 12.0 Å². The van der Waals surface area contributed by atoms with Crippen LogP contribution >= 0.6 is 0 Å². The summed E-state index contributed by atoms with van der Waals surface area (Å²) in [5, 5.41) is 0. The lowest BCUT2D eigenvalue weighted by atomic mass is 10.0. The van der Waals surface area contributed by atoms with Crippen LogP contribution in [0.3, 0.4) is 0 Å². The van der Waals surface area contributed by atoms with Crippen molar-refractivity contribution in [3.05, 3.63) is 64.7 Å². The summed E-state index contributed by atoms with van der Waals surface area (Å²) in [5.74, 6) is 0.692. The summed E-state index contributed by atoms with van der Waals surface area (Å²) in [6.07, 6.45) is 0.849. The average molecular weight is 283 g/mol. The zero-order valence-corrected chi connectivity index (χ0v) is 12.6. The van der Waals surface area contributed by atoms with Crippen LogP contribution in [-0.2, 0) is 6.42 Å². The first-order valence-corrected chi connectivity index (χ1v) is 7.12. The fourth-order valence-corrected chi connectivity index (χ4v) is 2.07. The van der Waals surface area contributed by atoms with Gasteiger partial charge in [-0.1, -0.05) is 24.3 Å². The van der Waals surface area contributed by atoms with Crippen molar-refractivity contribution in [3.63, 3.8) is 0 Å². The molecular weight excluding hydrogens is 262 g/mol. The summed E-state index contributed by atoms with van der Waals surface area (Å²) in [5.41, 5.74) is 9.67. The maximum Gasteiger partial charge on any atom is 0.200 e. The number of hydrogen-bond donors (Lipinski definition) is 1. The van der Waals surface area contributed by atoms with Crippen molar-refractivity contribution in [1.29, 1.82) is 0 Å². The maximum atomic E-state index is 12.1. The van der Waals surface area contributed by atoms with E-state index in [1.54, 1.807) is 0 Å². The van der Waals surface area contributed by atoms with Gasteiger partial charge < -0.3 is 10.5 Å². The lowest BCUT2D eigenvalue weighted by Crippen LogP contribution is -2.12. The highest BCUT2D eigenvalue weighted by Crippen LogP contribution is 2.14. The molecule has 21 heavy (non-hydrogen) atoms. The van der Waals surface area contributed by atoms with Gasteiger partial charge in [0.25, 0.3) is 0 Å². The molecule has 0 aliphatic rings. The Balaban J connectivity index is 1.95. The number of ether oxygens (including phenoxy) is 1. The molecule has 3 nitrogen and oxygen atoms in total. The molecule has 0 unspecified atom stereocenters. The molecule has 0 aliphatic heterocycles. The lowest BCUT2D eigenvalue weighted by molar-refractivity contribution is 0.0921. The third-order valence-electron chi connectivity index (χ3n) is 3.56. The summed E-state index contributed by atoms with van der Waals surface area (Å²) in [7, 11) is 0. The highest BCUT2D eigenvalue weighted by Gasteiger charge is 2.08. The van der Waals surface area contributed by atoms with Crippen LogP contribution in [0.15, 0.2) is 42.5 Å². The van der Waals surface area contributed by atoms with Gasteiger partial charge in [-0.15, -0.1) is 0 Å². The molecule has 110 valence electrons. The normalized spacial score (nSPS) is 10.4. The number of benzene rings is 2. The van der Waals surface area contributed by atoms with Gasteiger partial charge in [-0.2, -0.15) is 0 Å². The van der Waals surface area contributed by atoms with Crippen LogP contribution in [0.25, 0.3) is 0 Å². The number of hydrogen-bond acceptors (Lipinski definition) is 3. The van der Waals surface area contributed by atoms with Crippen LogP contribution in [0, 0.1) is 13.8 Å². The van der Waals surface area contributed by atoms with Gasteiger partial charge in [0.05, 0.1) is 0 Å². The molecule has 0 spiro atoms. The van der Waals surface area contributed by atoms with Gasteiger partial charge in [-0.25, -0.2) is 0 Å². The summed E-state index contributed by atoms with van der Waals surface area (Å²) in [6, 6.07) is 13.4. The Morgan fingerprint density at radius 3 is 2.38 bits per heavy atom. The smallest absolute Gasteiger partial charge is 0.200 e. The summed E-state index contributed by atoms with van der Waals surface area (Å²) >= 11 is 0. The first-order chi connectivity index (χ1) is 10.1. The largest absolute Gasteiger partial charge is 0.485 e. The van der Waals surface area contributed by atoms with E-state index >= 15 is 0 Å². The molecule has 2 aromatic rings. The second kappa shape index (κ2) is 7.04. The Bertz CT molecular complexity index is 618. The van der Waals surface area contributed by atoms with Gasteiger partial charge in [-0.3, -0.25) is 4.79 Å². The predicted molar refractivity (Wildman–Crippen MR) is 84.9 cm³/mol. The van der Waals surface area contributed by atoms with Crippen molar-refractivity contribution in [2.45, 2.75) is 20.3 Å². The summed E-state index contributed by atoms with van der Waals surface area (Å²) < 4.78 is 5.54. The molecule has 0 amide bonds. The van der Waals surface area contributed by atoms with E-state index in [0.29, 0.717) is 17.9 Å². The zero-order chi connectivity index (χ0) is 15.2. The van der Waals surface area contributed by atoms with E-state index < -0.39 is 0 Å². The van der Waals surface area contributed by atoms with Gasteiger partial charge in [0.15, 0.2) is 12.4 Å². The van der Waals surface area contributed by atoms with E-state index in [9.17, 15) is 4.79 Å². The van der Waals surface area contributed by atoms with Crippen LogP contribution in [0.1, 0.15) is 27.0 Å². The van der Waals surface area contributed by atoms with Gasteiger partial charge in [-0.05, 0) is 61.7 Å². The molecule has 0 radical (unpaired) electrons. The van der Waals surface area contributed by atoms with Gasteiger partial charge >= 0.3 is 0 Å². The van der Waals surface area contributed by atoms with E-state index in [2.05, 4.69) is 0 Å². The molecule has 3 heteroatoms. The van der Waals surface area contributed by atoms with Crippen molar-refractivity contribution in [1.82, 2.24) is 0 Å². The van der Waals surface area contributed by atoms with Crippen LogP contribution < -0.4 is 10.5 Å². The van der Waals surface area contributed by atoms with Crippen LogP contribution in [0.5, 0.6) is 5.75 Å². The first-order valence-electron chi connectivity index (χ1n) is 7.12. The molecule has 0 aliphatic carbocycles. The Morgan fingerprint density at radius 1 is 1.05 bits per heavy atom. The van der Waals surface area contributed by atoms with Crippen molar-refractivity contribution < 1.29 is 9.53 Å². The minimum absolute atomic E-state index is 0.0101. The molecule has 0 aromatic heterocycles. The van der Waals surface area contributed by atoms with Crippen molar-refractivity contribution in [2.75, 3.05) is 13.2 Å². The fourth-order valence-electron chi connectivity index (χ4n) is 2.07. The monoisotopic (exact) mass is 283 g/mol. The second-order valence-electron chi connectivity index (χ2n) is 5.19. The average Bonchev–Trinajstić information content (AvgIpc) is 2.49. The minimum atomic E-state index is -0.0101. The van der Waals surface area contributed by atoms with Crippen molar-refractivity contribution >= 4 is 5.78 Å². The van der Waals surface area contributed by atoms with Crippen LogP contribution in [0.2, 0.25) is 0 Å². The molecule has 0 heterocycles. The van der Waals surface area contributed by atoms with E-state index in [1.165, 1.54) is 11.1 Å². The van der Waals surface area contributed by atoms with E-state index in [4.69, 9.17) is 10.5 Å². The van der Waals surface area contributed by atoms with Gasteiger partial charge in [0.2, 0.25) is 0 Å². The molecule has 0 saturated heterocycles. The molecule has 2 aromatic carbocycles. The number of Topliss-reactive ketones (excluding diaryl/α,β-unsaturated/α-hetero) is 1. The third-order valence-corrected chi connectivity index (χ3v) is 3.56. The van der Waals surface area contributed by atoms with Crippen molar-refractivity contribution in [2.24, 2.45) is 5.73 Å². The fraction of sp³-hybridized carbons (Fsp3) is 0.278. The molecule has 2 N–H and O–H groups in total. The SMILES string of the molecule is Cc1ccc(C(=O)COc2ccc(CCN)cc2)cc1C. The highest BCUT2D eigenvalue weighted by atomic mass is 16.5. The van der Waals surface area contributed by atoms with Crippen LogP contribution in [-0.4, -0.2) is 18.9 Å². The van der Waals surface area contributed by atoms with Crippen LogP contribution in [0.4, 0.5) is 0 Å². The Labute approximate surface area is 125 Å². The molecule has 0 fully saturated rings. The second-order valence-corrected chi connectivity index (χ2v) is 5.19. The number of ketones is 1. The Morgan fingerprint density at radius 2 is 1.76 bits per heavy atom. The Kier molecular flexibility index (Phi) is 5.12. The number of carbonyl (C=O) groups is 1. The maximum absolute atomic E-state index is 12.1. The zero-order valence-electron chi connectivity index (χ0n) is 12.6. The molecule has 0 bridgehead atoms. The van der Waals surface area contributed by atoms with Gasteiger partial charge in [0.1, 0.15) is 5.75 Å². The molecule has 0 saturated carbocycles. The van der Waals surface area contributed by atoms with Crippen molar-refractivity contribution in [3.8, 4) is 5.75 Å². The quantitative estimate of drug-likeness (QED) is 0.829. The molecule has 0 atom stereocenters. The lowest BCUT2D eigenvalue weighted by Gasteiger charge is -2.08. The van der Waals surface area contributed by atoms with E-state index in [1.807, 2.05) is 56.3 Å². The highest BCUT2D eigenvalue weighted by molar-refractivity contribution is 5.97. The van der Waals surface area contributed by atoms with Gasteiger partial charge in [0, 0.05) is 5.56 Å². The third kappa shape index (κ3) is 4.17. The van der Waals surface area contributed by atoms with E-state index in [-0.39, 0.29) is 12.4 Å². The minimum Gasteiger partial charge on any atom is -0.485 e. The first kappa shape index (κ1) is 15.3. The molecular formula is C18H21NO2. The number of carbonyl (C=O) groups excluding carboxylic acids is 1. The number of nitrogens with two attached hydrogens (primary N) is 1. The Hall–Kier alpha value is -2.13. The molecule has 2 rings (SSSR count). The number of aryl methyl sites for hydroxylation is 2. The topological polar surface area (TPSA) is 52.3 Å². The predicted octanol–water partition coefficient (Wildman–Crippen LogP) is 3.07. The summed E-state index contributed by atoms with van der Waals surface area (Å²) in [4.78, 5) is 12.1.